The molecular formula is C14H16N4O4. The Hall–Kier alpha value is -2.92. The van der Waals surface area contributed by atoms with E-state index in [-0.39, 0.29) is 16.9 Å². The molecule has 0 aliphatic rings. The van der Waals surface area contributed by atoms with Gasteiger partial charge in [0.25, 0.3) is 11.6 Å². The molecule has 1 rings (SSSR count). The maximum Gasteiger partial charge on any atom is 0.292 e. The first kappa shape index (κ1) is 17.1. The van der Waals surface area contributed by atoms with Crippen LogP contribution in [0.15, 0.2) is 36.0 Å². The van der Waals surface area contributed by atoms with E-state index in [9.17, 15) is 14.9 Å². The van der Waals surface area contributed by atoms with E-state index in [0.29, 0.717) is 13.2 Å². The molecule has 116 valence electrons. The van der Waals surface area contributed by atoms with Crippen molar-refractivity contribution in [3.63, 3.8) is 0 Å². The van der Waals surface area contributed by atoms with Crippen molar-refractivity contribution in [2.75, 3.05) is 25.6 Å². The van der Waals surface area contributed by atoms with Crippen molar-refractivity contribution in [1.82, 2.24) is 5.32 Å². The highest BCUT2D eigenvalue weighted by Gasteiger charge is 2.16. The first-order chi connectivity index (χ1) is 10.6. The number of benzene rings is 1. The minimum atomic E-state index is -0.712. The van der Waals surface area contributed by atoms with Crippen LogP contribution in [-0.4, -0.2) is 31.1 Å². The van der Waals surface area contributed by atoms with Gasteiger partial charge in [-0.15, -0.1) is 0 Å². The van der Waals surface area contributed by atoms with E-state index in [0.717, 1.165) is 6.42 Å². The van der Waals surface area contributed by atoms with Crippen LogP contribution in [-0.2, 0) is 9.53 Å². The summed E-state index contributed by atoms with van der Waals surface area (Å²) >= 11 is 0. The maximum absolute atomic E-state index is 11.9. The Balaban J connectivity index is 2.72. The van der Waals surface area contributed by atoms with E-state index in [2.05, 4.69) is 10.6 Å². The fourth-order valence-electron chi connectivity index (χ4n) is 1.57. The van der Waals surface area contributed by atoms with Gasteiger partial charge in [0.1, 0.15) is 17.3 Å². The van der Waals surface area contributed by atoms with Gasteiger partial charge in [-0.2, -0.15) is 5.26 Å². The first-order valence-electron chi connectivity index (χ1n) is 6.47. The van der Waals surface area contributed by atoms with Crippen LogP contribution in [0, 0.1) is 21.4 Å². The number of rotatable bonds is 8. The summed E-state index contributed by atoms with van der Waals surface area (Å²) in [5.74, 6) is -0.712. The molecule has 1 aromatic carbocycles. The molecule has 1 amide bonds. The van der Waals surface area contributed by atoms with Gasteiger partial charge in [0.05, 0.1) is 4.92 Å². The Labute approximate surface area is 127 Å². The van der Waals surface area contributed by atoms with Crippen LogP contribution in [0.2, 0.25) is 0 Å². The monoisotopic (exact) mass is 304 g/mol. The number of hydrogen-bond acceptors (Lipinski definition) is 6. The molecule has 0 saturated heterocycles. The summed E-state index contributed by atoms with van der Waals surface area (Å²) in [6, 6.07) is 7.47. The van der Waals surface area contributed by atoms with E-state index in [1.54, 1.807) is 19.2 Å². The van der Waals surface area contributed by atoms with Gasteiger partial charge < -0.3 is 15.4 Å². The number of nitriles is 1. The van der Waals surface area contributed by atoms with Gasteiger partial charge in [-0.3, -0.25) is 14.9 Å². The Bertz CT molecular complexity index is 607. The largest absolute Gasteiger partial charge is 0.390 e. The van der Waals surface area contributed by atoms with Crippen molar-refractivity contribution in [3.05, 3.63) is 46.2 Å². The number of para-hydroxylation sites is 2. The highest BCUT2D eigenvalue weighted by Crippen LogP contribution is 2.23. The van der Waals surface area contributed by atoms with Crippen LogP contribution < -0.4 is 10.6 Å². The lowest BCUT2D eigenvalue weighted by Gasteiger charge is -2.05. The number of amides is 1. The van der Waals surface area contributed by atoms with Crippen LogP contribution in [0.25, 0.3) is 0 Å². The number of carbonyl (C=O) groups excluding carboxylic acids is 1. The summed E-state index contributed by atoms with van der Waals surface area (Å²) in [6.07, 6.45) is 2.00. The van der Waals surface area contributed by atoms with Crippen LogP contribution in [0.1, 0.15) is 6.42 Å². The van der Waals surface area contributed by atoms with E-state index in [4.69, 9.17) is 10.00 Å². The zero-order valence-corrected chi connectivity index (χ0v) is 12.0. The third-order valence-electron chi connectivity index (χ3n) is 2.63. The molecule has 8 nitrogen and oxygen atoms in total. The molecule has 0 atom stereocenters. The predicted octanol–water partition coefficient (Wildman–Crippen LogP) is 1.57. The third kappa shape index (κ3) is 5.22. The zero-order valence-electron chi connectivity index (χ0n) is 12.0. The summed E-state index contributed by atoms with van der Waals surface area (Å²) in [7, 11) is 1.58. The number of nitro benzene ring substituents is 1. The SMILES string of the molecule is COCCCN/C=C(/C#N)C(=O)Nc1ccccc1[N+](=O)[O-]. The van der Waals surface area contributed by atoms with E-state index < -0.39 is 10.8 Å². The van der Waals surface area contributed by atoms with Gasteiger partial charge in [0.2, 0.25) is 0 Å². The van der Waals surface area contributed by atoms with E-state index in [1.807, 2.05) is 0 Å². The van der Waals surface area contributed by atoms with Crippen LogP contribution >= 0.6 is 0 Å². The van der Waals surface area contributed by atoms with Crippen LogP contribution in [0.5, 0.6) is 0 Å². The second-order valence-electron chi connectivity index (χ2n) is 4.20. The fraction of sp³-hybridized carbons (Fsp3) is 0.286. The van der Waals surface area contributed by atoms with Crippen molar-refractivity contribution in [3.8, 4) is 6.07 Å². The van der Waals surface area contributed by atoms with Gasteiger partial charge >= 0.3 is 0 Å². The summed E-state index contributed by atoms with van der Waals surface area (Å²) in [5.41, 5.74) is -0.366. The first-order valence-corrected chi connectivity index (χ1v) is 6.47. The van der Waals surface area contributed by atoms with Gasteiger partial charge in [0.15, 0.2) is 0 Å². The molecular weight excluding hydrogens is 288 g/mol. The Morgan fingerprint density at radius 2 is 2.23 bits per heavy atom. The highest BCUT2D eigenvalue weighted by molar-refractivity contribution is 6.07. The molecule has 22 heavy (non-hydrogen) atoms. The minimum Gasteiger partial charge on any atom is -0.390 e. The molecule has 0 heterocycles. The normalized spacial score (nSPS) is 10.6. The van der Waals surface area contributed by atoms with Gasteiger partial charge in [-0.25, -0.2) is 0 Å². The topological polar surface area (TPSA) is 117 Å². The fourth-order valence-corrected chi connectivity index (χ4v) is 1.57. The lowest BCUT2D eigenvalue weighted by molar-refractivity contribution is -0.383. The maximum atomic E-state index is 11.9. The number of nitrogens with one attached hydrogen (secondary N) is 2. The smallest absolute Gasteiger partial charge is 0.292 e. The van der Waals surface area contributed by atoms with Crippen molar-refractivity contribution in [1.29, 1.82) is 5.26 Å². The molecule has 0 bridgehead atoms. The lowest BCUT2D eigenvalue weighted by atomic mass is 10.2. The van der Waals surface area contributed by atoms with Crippen molar-refractivity contribution in [2.24, 2.45) is 0 Å². The van der Waals surface area contributed by atoms with Crippen molar-refractivity contribution in [2.45, 2.75) is 6.42 Å². The molecule has 2 N–H and O–H groups in total. The molecule has 0 saturated carbocycles. The highest BCUT2D eigenvalue weighted by atomic mass is 16.6. The molecule has 0 spiro atoms. The zero-order chi connectivity index (χ0) is 16.4. The van der Waals surface area contributed by atoms with Gasteiger partial charge in [-0.1, -0.05) is 12.1 Å². The minimum absolute atomic E-state index is 0.0398. The Kier molecular flexibility index (Phi) is 7.08. The van der Waals surface area contributed by atoms with Crippen LogP contribution in [0.4, 0.5) is 11.4 Å². The molecule has 0 aliphatic heterocycles. The third-order valence-corrected chi connectivity index (χ3v) is 2.63. The second kappa shape index (κ2) is 9.10. The molecule has 0 aromatic heterocycles. The molecule has 8 heteroatoms. The van der Waals surface area contributed by atoms with E-state index in [1.165, 1.54) is 24.4 Å². The van der Waals surface area contributed by atoms with Crippen molar-refractivity contribution < 1.29 is 14.5 Å². The Morgan fingerprint density at radius 1 is 1.50 bits per heavy atom. The quantitative estimate of drug-likeness (QED) is 0.247. The number of nitrogens with zero attached hydrogens (tertiary/aromatic N) is 2. The summed E-state index contributed by atoms with van der Waals surface area (Å²) in [6.45, 7) is 1.10. The second-order valence-corrected chi connectivity index (χ2v) is 4.20. The number of ether oxygens (including phenoxy) is 1. The average molecular weight is 304 g/mol. The number of nitro groups is 1. The molecule has 1 aromatic rings. The number of hydrogen-bond donors (Lipinski definition) is 2. The summed E-state index contributed by atoms with van der Waals surface area (Å²) in [5, 5.41) is 25.0. The van der Waals surface area contributed by atoms with Crippen LogP contribution in [0.3, 0.4) is 0 Å². The lowest BCUT2D eigenvalue weighted by Crippen LogP contribution is -2.18. The number of carbonyl (C=O) groups is 1. The average Bonchev–Trinajstić information content (AvgIpc) is 2.51. The number of methoxy groups -OCH3 is 1. The van der Waals surface area contributed by atoms with Gasteiger partial charge in [-0.05, 0) is 12.5 Å². The van der Waals surface area contributed by atoms with E-state index >= 15 is 0 Å². The van der Waals surface area contributed by atoms with Gasteiger partial charge in [0, 0.05) is 32.5 Å². The summed E-state index contributed by atoms with van der Waals surface area (Å²) < 4.78 is 4.87. The van der Waals surface area contributed by atoms with Crippen molar-refractivity contribution >= 4 is 17.3 Å². The number of anilines is 1. The summed E-state index contributed by atoms with van der Waals surface area (Å²) in [4.78, 5) is 22.2. The predicted molar refractivity (Wildman–Crippen MR) is 79.9 cm³/mol. The molecule has 0 aliphatic carbocycles. The molecule has 0 fully saturated rings. The Morgan fingerprint density at radius 3 is 2.86 bits per heavy atom. The molecule has 0 radical (unpaired) electrons. The molecule has 0 unspecified atom stereocenters. The standard InChI is InChI=1S/C14H16N4O4/c1-22-8-4-7-16-10-11(9-15)14(19)17-12-5-2-3-6-13(12)18(20)21/h2-3,5-6,10,16H,4,7-8H2,1H3,(H,17,19)/b11-10-.